The van der Waals surface area contributed by atoms with E-state index in [1.165, 1.54) is 6.92 Å². The van der Waals surface area contributed by atoms with E-state index >= 15 is 0 Å². The Kier molecular flexibility index (Phi) is 5.27. The molecule has 0 aliphatic rings. The monoisotopic (exact) mass is 252 g/mol. The van der Waals surface area contributed by atoms with Crippen LogP contribution in [0.2, 0.25) is 0 Å². The van der Waals surface area contributed by atoms with Gasteiger partial charge in [-0.25, -0.2) is 0 Å². The van der Waals surface area contributed by atoms with Crippen molar-refractivity contribution in [2.45, 2.75) is 19.4 Å². The molecule has 1 rings (SSSR count). The number of carbonyl (C=O) groups excluding carboxylic acids is 1. The summed E-state index contributed by atoms with van der Waals surface area (Å²) in [6, 6.07) is 7.49. The van der Waals surface area contributed by atoms with Crippen LogP contribution in [0.15, 0.2) is 24.3 Å². The number of benzene rings is 1. The Morgan fingerprint density at radius 2 is 1.94 bits per heavy atom. The minimum absolute atomic E-state index is 0.0873. The highest BCUT2D eigenvalue weighted by molar-refractivity contribution is 5.92. The molecule has 1 amide bonds. The van der Waals surface area contributed by atoms with Gasteiger partial charge in [0.05, 0.1) is 18.8 Å². The Bertz CT molecular complexity index is 388. The number of aliphatic hydroxyl groups is 2. The Morgan fingerprint density at radius 1 is 1.33 bits per heavy atom. The quantitative estimate of drug-likeness (QED) is 0.585. The van der Waals surface area contributed by atoms with Gasteiger partial charge in [-0.05, 0) is 26.0 Å². The van der Waals surface area contributed by atoms with Gasteiger partial charge in [-0.2, -0.15) is 0 Å². The molecule has 0 spiro atoms. The first kappa shape index (κ1) is 14.6. The zero-order chi connectivity index (χ0) is 13.6. The topological polar surface area (TPSA) is 81.6 Å². The summed E-state index contributed by atoms with van der Waals surface area (Å²) >= 11 is 0. The number of nitrogens with one attached hydrogen (secondary N) is 2. The molecule has 4 N–H and O–H groups in total. The zero-order valence-corrected chi connectivity index (χ0v) is 10.7. The van der Waals surface area contributed by atoms with Gasteiger partial charge >= 0.3 is 0 Å². The van der Waals surface area contributed by atoms with Gasteiger partial charge in [-0.1, -0.05) is 17.7 Å². The van der Waals surface area contributed by atoms with Gasteiger partial charge in [0.25, 0.3) is 0 Å². The first-order chi connectivity index (χ1) is 8.43. The lowest BCUT2D eigenvalue weighted by molar-refractivity contribution is -0.115. The normalized spacial score (nSPS) is 14.0. The van der Waals surface area contributed by atoms with Gasteiger partial charge in [0.1, 0.15) is 0 Å². The largest absolute Gasteiger partial charge is 0.393 e. The summed E-state index contributed by atoms with van der Waals surface area (Å²) in [4.78, 5) is 11.6. The van der Waals surface area contributed by atoms with Crippen LogP contribution < -0.4 is 10.6 Å². The molecule has 18 heavy (non-hydrogen) atoms. The van der Waals surface area contributed by atoms with E-state index in [0.717, 1.165) is 11.3 Å². The molecule has 0 saturated heterocycles. The number of anilines is 1. The molecule has 100 valence electrons. The highest BCUT2D eigenvalue weighted by Gasteiger charge is 2.18. The van der Waals surface area contributed by atoms with E-state index in [-0.39, 0.29) is 25.6 Å². The summed E-state index contributed by atoms with van der Waals surface area (Å²) in [5.41, 5.74) is 0.663. The van der Waals surface area contributed by atoms with Crippen LogP contribution in [0.1, 0.15) is 12.5 Å². The molecule has 1 atom stereocenters. The van der Waals surface area contributed by atoms with Crippen LogP contribution in [0.25, 0.3) is 0 Å². The summed E-state index contributed by atoms with van der Waals surface area (Å²) < 4.78 is 0. The number of aryl methyl sites for hydroxylation is 1. The summed E-state index contributed by atoms with van der Waals surface area (Å²) in [5, 5.41) is 23.9. The fourth-order valence-electron chi connectivity index (χ4n) is 1.34. The predicted octanol–water partition coefficient (Wildman–Crippen LogP) is 0.266. The molecule has 0 aliphatic heterocycles. The second kappa shape index (κ2) is 6.49. The summed E-state index contributed by atoms with van der Waals surface area (Å²) in [7, 11) is 0. The number of amides is 1. The first-order valence-corrected chi connectivity index (χ1v) is 5.83. The van der Waals surface area contributed by atoms with Crippen LogP contribution in [0.3, 0.4) is 0 Å². The van der Waals surface area contributed by atoms with Crippen molar-refractivity contribution in [3.8, 4) is 0 Å². The van der Waals surface area contributed by atoms with Crippen molar-refractivity contribution >= 4 is 11.6 Å². The molecule has 0 fully saturated rings. The molecule has 0 bridgehead atoms. The number of hydrogen-bond donors (Lipinski definition) is 4. The van der Waals surface area contributed by atoms with Crippen LogP contribution >= 0.6 is 0 Å². The van der Waals surface area contributed by atoms with Crippen molar-refractivity contribution in [3.05, 3.63) is 29.8 Å². The fraction of sp³-hybridized carbons (Fsp3) is 0.462. The average Bonchev–Trinajstić information content (AvgIpc) is 2.32. The Labute approximate surface area is 107 Å². The summed E-state index contributed by atoms with van der Waals surface area (Å²) in [6.07, 6.45) is 0. The van der Waals surface area contributed by atoms with E-state index in [9.17, 15) is 9.90 Å². The summed E-state index contributed by atoms with van der Waals surface area (Å²) in [5.74, 6) is -0.187. The highest BCUT2D eigenvalue weighted by atomic mass is 16.3. The molecule has 1 unspecified atom stereocenters. The number of carbonyl (C=O) groups is 1. The van der Waals surface area contributed by atoms with Gasteiger partial charge in [0.15, 0.2) is 0 Å². The van der Waals surface area contributed by atoms with Crippen molar-refractivity contribution in [1.29, 1.82) is 0 Å². The zero-order valence-electron chi connectivity index (χ0n) is 10.7. The van der Waals surface area contributed by atoms with Gasteiger partial charge < -0.3 is 20.8 Å². The number of hydrogen-bond acceptors (Lipinski definition) is 4. The molecule has 0 aromatic heterocycles. The third-order valence-corrected chi connectivity index (χ3v) is 2.47. The molecule has 0 radical (unpaired) electrons. The number of aliphatic hydroxyl groups excluding tert-OH is 1. The highest BCUT2D eigenvalue weighted by Crippen LogP contribution is 2.08. The maximum Gasteiger partial charge on any atom is 0.238 e. The molecule has 5 nitrogen and oxygen atoms in total. The van der Waals surface area contributed by atoms with Gasteiger partial charge in [-0.15, -0.1) is 0 Å². The van der Waals surface area contributed by atoms with E-state index in [0.29, 0.717) is 0 Å². The number of rotatable bonds is 6. The standard InChI is InChI=1S/C13H20N2O3/c1-10-3-5-11(6-4-10)15-12(17)7-14-8-13(2,18)9-16/h3-6,14,16,18H,7-9H2,1-2H3,(H,15,17). The van der Waals surface area contributed by atoms with Gasteiger partial charge in [0, 0.05) is 12.2 Å². The molecular weight excluding hydrogens is 232 g/mol. The van der Waals surface area contributed by atoms with Crippen molar-refractivity contribution < 1.29 is 15.0 Å². The smallest absolute Gasteiger partial charge is 0.238 e. The van der Waals surface area contributed by atoms with Crippen LogP contribution in [0.5, 0.6) is 0 Å². The molecule has 5 heteroatoms. The van der Waals surface area contributed by atoms with E-state index in [4.69, 9.17) is 5.11 Å². The Balaban J connectivity index is 2.32. The van der Waals surface area contributed by atoms with E-state index in [2.05, 4.69) is 10.6 Å². The second-order valence-corrected chi connectivity index (χ2v) is 4.67. The van der Waals surface area contributed by atoms with Crippen LogP contribution in [-0.2, 0) is 4.79 Å². The van der Waals surface area contributed by atoms with E-state index < -0.39 is 5.60 Å². The van der Waals surface area contributed by atoms with Crippen molar-refractivity contribution in [3.63, 3.8) is 0 Å². The summed E-state index contributed by atoms with van der Waals surface area (Å²) in [6.45, 7) is 3.37. The predicted molar refractivity (Wildman–Crippen MR) is 70.4 cm³/mol. The van der Waals surface area contributed by atoms with Crippen LogP contribution in [0.4, 0.5) is 5.69 Å². The fourth-order valence-corrected chi connectivity index (χ4v) is 1.34. The Morgan fingerprint density at radius 3 is 2.50 bits per heavy atom. The lowest BCUT2D eigenvalue weighted by Crippen LogP contribution is -2.43. The maximum atomic E-state index is 11.6. The first-order valence-electron chi connectivity index (χ1n) is 5.83. The van der Waals surface area contributed by atoms with Gasteiger partial charge in [0.2, 0.25) is 5.91 Å². The lowest BCUT2D eigenvalue weighted by Gasteiger charge is -2.20. The van der Waals surface area contributed by atoms with Crippen molar-refractivity contribution in [2.75, 3.05) is 25.0 Å². The van der Waals surface area contributed by atoms with Crippen LogP contribution in [0, 0.1) is 6.92 Å². The minimum atomic E-state index is -1.20. The van der Waals surface area contributed by atoms with Crippen molar-refractivity contribution in [2.24, 2.45) is 0 Å². The Hall–Kier alpha value is -1.43. The molecule has 1 aromatic carbocycles. The van der Waals surface area contributed by atoms with E-state index in [1.54, 1.807) is 0 Å². The lowest BCUT2D eigenvalue weighted by atomic mass is 10.1. The molecule has 0 saturated carbocycles. The molecular formula is C13H20N2O3. The average molecular weight is 252 g/mol. The van der Waals surface area contributed by atoms with Crippen LogP contribution in [-0.4, -0.2) is 41.4 Å². The maximum absolute atomic E-state index is 11.6. The molecule has 0 heterocycles. The minimum Gasteiger partial charge on any atom is -0.393 e. The molecule has 1 aromatic rings. The molecule has 0 aliphatic carbocycles. The van der Waals surface area contributed by atoms with E-state index in [1.807, 2.05) is 31.2 Å². The third-order valence-electron chi connectivity index (χ3n) is 2.47. The third kappa shape index (κ3) is 5.27. The van der Waals surface area contributed by atoms with Crippen molar-refractivity contribution in [1.82, 2.24) is 5.32 Å². The van der Waals surface area contributed by atoms with Gasteiger partial charge in [-0.3, -0.25) is 4.79 Å². The second-order valence-electron chi connectivity index (χ2n) is 4.67. The SMILES string of the molecule is Cc1ccc(NC(=O)CNCC(C)(O)CO)cc1.